The molecule has 0 unspecified atom stereocenters. The Bertz CT molecular complexity index is 943. The first-order valence-corrected chi connectivity index (χ1v) is 7.21. The average Bonchev–Trinajstić information content (AvgIpc) is 2.95. The molecule has 0 amide bonds. The van der Waals surface area contributed by atoms with E-state index >= 15 is 0 Å². The van der Waals surface area contributed by atoms with Gasteiger partial charge in [-0.25, -0.2) is 14.0 Å². The lowest BCUT2D eigenvalue weighted by atomic mass is 10.2. The standard InChI is InChI=1S/C16H11ClFN3O3/c1-24-15(22)9-5-7-10(8-6-9)21-16(23)19-14(20-21)13-11(17)3-2-4-12(13)18/h2-8H,1H3,(H,19,20,23). The van der Waals surface area contributed by atoms with Gasteiger partial charge < -0.3 is 4.74 Å². The van der Waals surface area contributed by atoms with E-state index in [1.54, 1.807) is 0 Å². The van der Waals surface area contributed by atoms with Crippen molar-refractivity contribution >= 4 is 17.6 Å². The Morgan fingerprint density at radius 2 is 1.96 bits per heavy atom. The molecule has 24 heavy (non-hydrogen) atoms. The summed E-state index contributed by atoms with van der Waals surface area (Å²) in [6.45, 7) is 0. The second-order valence-electron chi connectivity index (χ2n) is 4.83. The molecule has 0 radical (unpaired) electrons. The van der Waals surface area contributed by atoms with Gasteiger partial charge in [-0.2, -0.15) is 4.68 Å². The van der Waals surface area contributed by atoms with E-state index in [9.17, 15) is 14.0 Å². The van der Waals surface area contributed by atoms with E-state index in [2.05, 4.69) is 14.8 Å². The van der Waals surface area contributed by atoms with Gasteiger partial charge in [0.1, 0.15) is 5.82 Å². The summed E-state index contributed by atoms with van der Waals surface area (Å²) in [5.41, 5.74) is 0.196. The number of nitrogens with zero attached hydrogens (tertiary/aromatic N) is 2. The Labute approximate surface area is 140 Å². The topological polar surface area (TPSA) is 77.0 Å². The molecule has 1 N–H and O–H groups in total. The summed E-state index contributed by atoms with van der Waals surface area (Å²) >= 11 is 5.98. The van der Waals surface area contributed by atoms with Crippen molar-refractivity contribution in [1.82, 2.24) is 14.8 Å². The van der Waals surface area contributed by atoms with Crippen LogP contribution in [-0.2, 0) is 4.74 Å². The van der Waals surface area contributed by atoms with Crippen LogP contribution in [0.3, 0.4) is 0 Å². The number of hydrogen-bond donors (Lipinski definition) is 1. The third-order valence-corrected chi connectivity index (χ3v) is 3.67. The number of benzene rings is 2. The molecular weight excluding hydrogens is 337 g/mol. The van der Waals surface area contributed by atoms with Gasteiger partial charge in [-0.3, -0.25) is 4.98 Å². The Balaban J connectivity index is 2.04. The Morgan fingerprint density at radius 1 is 1.25 bits per heavy atom. The number of carbonyl (C=O) groups excluding carboxylic acids is 1. The largest absolute Gasteiger partial charge is 0.465 e. The van der Waals surface area contributed by atoms with Crippen LogP contribution in [0.1, 0.15) is 10.4 Å². The highest BCUT2D eigenvalue weighted by molar-refractivity contribution is 6.33. The van der Waals surface area contributed by atoms with E-state index < -0.39 is 17.5 Å². The van der Waals surface area contributed by atoms with Crippen LogP contribution in [0.4, 0.5) is 4.39 Å². The molecule has 0 bridgehead atoms. The van der Waals surface area contributed by atoms with Crippen molar-refractivity contribution < 1.29 is 13.9 Å². The molecule has 3 rings (SSSR count). The van der Waals surface area contributed by atoms with E-state index in [1.165, 1.54) is 49.6 Å². The number of carbonyl (C=O) groups is 1. The lowest BCUT2D eigenvalue weighted by Crippen LogP contribution is -2.16. The van der Waals surface area contributed by atoms with Crippen LogP contribution in [0.15, 0.2) is 47.3 Å². The summed E-state index contributed by atoms with van der Waals surface area (Å²) in [7, 11) is 1.28. The third kappa shape index (κ3) is 2.81. The minimum absolute atomic E-state index is 0.0140. The average molecular weight is 348 g/mol. The molecule has 122 valence electrons. The number of aromatic nitrogens is 3. The number of H-pyrrole nitrogens is 1. The van der Waals surface area contributed by atoms with Gasteiger partial charge in [0.25, 0.3) is 0 Å². The molecule has 0 aliphatic carbocycles. The second kappa shape index (κ2) is 6.29. The number of aromatic amines is 1. The third-order valence-electron chi connectivity index (χ3n) is 3.35. The summed E-state index contributed by atoms with van der Waals surface area (Å²) in [5, 5.41) is 4.21. The number of ether oxygens (including phenoxy) is 1. The minimum Gasteiger partial charge on any atom is -0.465 e. The van der Waals surface area contributed by atoms with Gasteiger partial charge in [-0.1, -0.05) is 17.7 Å². The fourth-order valence-corrected chi connectivity index (χ4v) is 2.45. The van der Waals surface area contributed by atoms with Crippen molar-refractivity contribution in [1.29, 1.82) is 0 Å². The van der Waals surface area contributed by atoms with E-state index in [4.69, 9.17) is 11.6 Å². The molecule has 2 aromatic carbocycles. The number of hydrogen-bond acceptors (Lipinski definition) is 4. The minimum atomic E-state index is -0.593. The lowest BCUT2D eigenvalue weighted by molar-refractivity contribution is 0.0600. The number of rotatable bonds is 3. The molecule has 1 aromatic heterocycles. The first kappa shape index (κ1) is 15.9. The zero-order valence-corrected chi connectivity index (χ0v) is 13.2. The predicted molar refractivity (Wildman–Crippen MR) is 85.9 cm³/mol. The highest BCUT2D eigenvalue weighted by atomic mass is 35.5. The maximum atomic E-state index is 14.0. The van der Waals surface area contributed by atoms with Gasteiger partial charge in [-0.05, 0) is 36.4 Å². The Morgan fingerprint density at radius 3 is 2.58 bits per heavy atom. The fourth-order valence-electron chi connectivity index (χ4n) is 2.19. The molecule has 3 aromatic rings. The summed E-state index contributed by atoms with van der Waals surface area (Å²) in [4.78, 5) is 26.0. The van der Waals surface area contributed by atoms with Crippen LogP contribution in [-0.4, -0.2) is 27.8 Å². The van der Waals surface area contributed by atoms with Crippen LogP contribution >= 0.6 is 11.6 Å². The van der Waals surface area contributed by atoms with Crippen LogP contribution in [0.5, 0.6) is 0 Å². The zero-order valence-electron chi connectivity index (χ0n) is 12.4. The maximum absolute atomic E-state index is 14.0. The van der Waals surface area contributed by atoms with Crippen molar-refractivity contribution in [2.24, 2.45) is 0 Å². The Hall–Kier alpha value is -2.93. The van der Waals surface area contributed by atoms with Gasteiger partial charge in [0.2, 0.25) is 0 Å². The monoisotopic (exact) mass is 347 g/mol. The van der Waals surface area contributed by atoms with Crippen molar-refractivity contribution in [2.75, 3.05) is 7.11 Å². The van der Waals surface area contributed by atoms with E-state index in [-0.39, 0.29) is 16.4 Å². The molecule has 0 spiro atoms. The molecule has 0 aliphatic heterocycles. The van der Waals surface area contributed by atoms with Crippen molar-refractivity contribution in [2.45, 2.75) is 0 Å². The van der Waals surface area contributed by atoms with Crippen LogP contribution < -0.4 is 5.69 Å². The summed E-state index contributed by atoms with van der Waals surface area (Å²) in [5.74, 6) is -1.07. The lowest BCUT2D eigenvalue weighted by Gasteiger charge is -2.03. The fraction of sp³-hybridized carbons (Fsp3) is 0.0625. The molecular formula is C16H11ClFN3O3. The first-order chi connectivity index (χ1) is 11.5. The molecule has 0 aliphatic rings. The van der Waals surface area contributed by atoms with Gasteiger partial charge in [0.05, 0.1) is 28.9 Å². The molecule has 0 saturated heterocycles. The molecule has 8 heteroatoms. The van der Waals surface area contributed by atoms with Crippen molar-refractivity contribution in [3.05, 3.63) is 69.4 Å². The number of esters is 1. The van der Waals surface area contributed by atoms with Crippen molar-refractivity contribution in [3.63, 3.8) is 0 Å². The summed E-state index contributed by atoms with van der Waals surface area (Å²) in [6.07, 6.45) is 0. The van der Waals surface area contributed by atoms with E-state index in [1.807, 2.05) is 0 Å². The smallest absolute Gasteiger partial charge is 0.348 e. The molecule has 0 saturated carbocycles. The van der Waals surface area contributed by atoms with Gasteiger partial charge in [0, 0.05) is 0 Å². The van der Waals surface area contributed by atoms with Gasteiger partial charge in [-0.15, -0.1) is 5.10 Å². The molecule has 6 nitrogen and oxygen atoms in total. The van der Waals surface area contributed by atoms with Gasteiger partial charge in [0.15, 0.2) is 5.82 Å². The van der Waals surface area contributed by atoms with E-state index in [0.717, 1.165) is 4.68 Å². The predicted octanol–water partition coefficient (Wildman–Crippen LogP) is 2.81. The van der Waals surface area contributed by atoms with E-state index in [0.29, 0.717) is 11.3 Å². The Kier molecular flexibility index (Phi) is 4.18. The SMILES string of the molecule is COC(=O)c1ccc(-n2nc(-c3c(F)cccc3Cl)[nH]c2=O)cc1. The number of methoxy groups -OCH3 is 1. The number of nitrogens with one attached hydrogen (secondary N) is 1. The number of halogens is 2. The highest BCUT2D eigenvalue weighted by Crippen LogP contribution is 2.27. The van der Waals surface area contributed by atoms with Crippen LogP contribution in [0.25, 0.3) is 17.1 Å². The second-order valence-corrected chi connectivity index (χ2v) is 5.23. The van der Waals surface area contributed by atoms with Crippen LogP contribution in [0, 0.1) is 5.82 Å². The summed E-state index contributed by atoms with van der Waals surface area (Å²) < 4.78 is 19.6. The normalized spacial score (nSPS) is 10.6. The summed E-state index contributed by atoms with van der Waals surface area (Å²) in [6, 6.07) is 10.2. The maximum Gasteiger partial charge on any atom is 0.348 e. The van der Waals surface area contributed by atoms with Gasteiger partial charge >= 0.3 is 11.7 Å². The zero-order chi connectivity index (χ0) is 17.3. The molecule has 0 fully saturated rings. The molecule has 1 heterocycles. The first-order valence-electron chi connectivity index (χ1n) is 6.83. The quantitative estimate of drug-likeness (QED) is 0.739. The van der Waals surface area contributed by atoms with Crippen LogP contribution in [0.2, 0.25) is 5.02 Å². The van der Waals surface area contributed by atoms with Crippen molar-refractivity contribution in [3.8, 4) is 17.1 Å². The molecule has 0 atom stereocenters. The highest BCUT2D eigenvalue weighted by Gasteiger charge is 2.16.